The maximum atomic E-state index is 10.7. The van der Waals surface area contributed by atoms with Gasteiger partial charge in [0.2, 0.25) is 0 Å². The minimum absolute atomic E-state index is 0.0274. The molecule has 9 nitrogen and oxygen atoms in total. The molecular weight excluding hydrogens is 382 g/mol. The maximum Gasteiger partial charge on any atom is 0.269 e. The molecule has 1 N–H and O–H groups in total. The number of hydrogen-bond donors (Lipinski definition) is 1. The Morgan fingerprint density at radius 1 is 1.04 bits per heavy atom. The Morgan fingerprint density at radius 2 is 1.79 bits per heavy atom. The number of nitrogens with one attached hydrogen (secondary N) is 1. The first-order valence-corrected chi connectivity index (χ1v) is 8.50. The van der Waals surface area contributed by atoms with Crippen LogP contribution >= 0.6 is 11.6 Å². The smallest absolute Gasteiger partial charge is 0.260 e. The van der Waals surface area contributed by atoms with Crippen LogP contribution in [0.1, 0.15) is 5.56 Å². The molecule has 0 atom stereocenters. The van der Waals surface area contributed by atoms with Crippen LogP contribution in [0.25, 0.3) is 17.0 Å². The lowest BCUT2D eigenvalue weighted by atomic mass is 10.2. The molecule has 28 heavy (non-hydrogen) atoms. The number of fused-ring (bicyclic) bond motifs is 1. The minimum atomic E-state index is -0.449. The second-order valence-electron chi connectivity index (χ2n) is 5.74. The molecule has 0 saturated carbocycles. The van der Waals surface area contributed by atoms with Gasteiger partial charge in [-0.05, 0) is 54.1 Å². The van der Waals surface area contributed by atoms with E-state index in [0.717, 1.165) is 5.56 Å². The number of rotatable bonds is 5. The second kappa shape index (κ2) is 7.41. The monoisotopic (exact) mass is 393 g/mol. The number of nitro groups is 1. The predicted octanol–water partition coefficient (Wildman–Crippen LogP) is 3.80. The highest BCUT2D eigenvalue weighted by molar-refractivity contribution is 6.30. The van der Waals surface area contributed by atoms with Gasteiger partial charge < -0.3 is 0 Å². The van der Waals surface area contributed by atoms with Gasteiger partial charge in [-0.2, -0.15) is 9.62 Å². The summed E-state index contributed by atoms with van der Waals surface area (Å²) >= 11 is 5.93. The van der Waals surface area contributed by atoms with Crippen molar-refractivity contribution in [2.45, 2.75) is 0 Å². The van der Waals surface area contributed by atoms with Crippen molar-refractivity contribution in [1.29, 1.82) is 0 Å². The van der Waals surface area contributed by atoms with Gasteiger partial charge in [0.05, 0.1) is 11.1 Å². The Bertz CT molecular complexity index is 1170. The molecule has 2 heterocycles. The average molecular weight is 394 g/mol. The topological polar surface area (TPSA) is 111 Å². The summed E-state index contributed by atoms with van der Waals surface area (Å²) in [5, 5.41) is 28.1. The summed E-state index contributed by atoms with van der Waals surface area (Å²) in [5.41, 5.74) is 4.99. The molecule has 138 valence electrons. The average Bonchev–Trinajstić information content (AvgIpc) is 3.12. The van der Waals surface area contributed by atoms with Crippen molar-refractivity contribution in [3.63, 3.8) is 0 Å². The van der Waals surface area contributed by atoms with Crippen molar-refractivity contribution in [3.8, 4) is 11.4 Å². The SMILES string of the molecule is O=[N+]([O-])c1ccc(/C=N\Nc2ccc3nnc(-c4ccc(Cl)cc4)n3n2)cc1. The van der Waals surface area contributed by atoms with Gasteiger partial charge in [-0.3, -0.25) is 15.5 Å². The van der Waals surface area contributed by atoms with E-state index in [2.05, 4.69) is 25.8 Å². The number of hydrazone groups is 1. The number of non-ortho nitro benzene ring substituents is 1. The first-order valence-electron chi connectivity index (χ1n) is 8.12. The van der Waals surface area contributed by atoms with Gasteiger partial charge in [-0.1, -0.05) is 11.6 Å². The molecule has 0 bridgehead atoms. The van der Waals surface area contributed by atoms with E-state index >= 15 is 0 Å². The normalized spacial score (nSPS) is 11.2. The zero-order valence-electron chi connectivity index (χ0n) is 14.2. The summed E-state index contributed by atoms with van der Waals surface area (Å²) in [5.74, 6) is 1.07. The van der Waals surface area contributed by atoms with Crippen LogP contribution in [0.15, 0.2) is 65.8 Å². The van der Waals surface area contributed by atoms with E-state index in [1.165, 1.54) is 12.1 Å². The van der Waals surface area contributed by atoms with E-state index in [1.807, 2.05) is 12.1 Å². The fraction of sp³-hybridized carbons (Fsp3) is 0. The Morgan fingerprint density at radius 3 is 2.50 bits per heavy atom. The van der Waals surface area contributed by atoms with Gasteiger partial charge in [-0.25, -0.2) is 0 Å². The Balaban J connectivity index is 1.55. The summed E-state index contributed by atoms with van der Waals surface area (Å²) < 4.78 is 1.60. The highest BCUT2D eigenvalue weighted by Crippen LogP contribution is 2.20. The highest BCUT2D eigenvalue weighted by atomic mass is 35.5. The van der Waals surface area contributed by atoms with Crippen molar-refractivity contribution in [2.75, 3.05) is 5.43 Å². The fourth-order valence-electron chi connectivity index (χ4n) is 2.48. The van der Waals surface area contributed by atoms with Gasteiger partial charge in [-0.15, -0.1) is 15.3 Å². The summed E-state index contributed by atoms with van der Waals surface area (Å²) in [7, 11) is 0. The van der Waals surface area contributed by atoms with Crippen LogP contribution in [-0.4, -0.2) is 30.9 Å². The van der Waals surface area contributed by atoms with E-state index in [0.29, 0.717) is 27.9 Å². The van der Waals surface area contributed by atoms with Crippen LogP contribution in [-0.2, 0) is 0 Å². The van der Waals surface area contributed by atoms with Crippen molar-refractivity contribution in [3.05, 3.63) is 81.4 Å². The molecule has 0 saturated heterocycles. The van der Waals surface area contributed by atoms with Crippen molar-refractivity contribution < 1.29 is 4.92 Å². The van der Waals surface area contributed by atoms with Gasteiger partial charge >= 0.3 is 0 Å². The van der Waals surface area contributed by atoms with E-state index in [9.17, 15) is 10.1 Å². The van der Waals surface area contributed by atoms with Gasteiger partial charge in [0.15, 0.2) is 17.3 Å². The lowest BCUT2D eigenvalue weighted by molar-refractivity contribution is -0.384. The molecule has 0 amide bonds. The lowest BCUT2D eigenvalue weighted by Gasteiger charge is -2.02. The quantitative estimate of drug-likeness (QED) is 0.313. The number of nitrogens with zero attached hydrogens (tertiary/aromatic N) is 6. The summed E-state index contributed by atoms with van der Waals surface area (Å²) in [6, 6.07) is 16.8. The molecule has 0 fully saturated rings. The largest absolute Gasteiger partial charge is 0.269 e. The number of anilines is 1. The van der Waals surface area contributed by atoms with E-state index in [-0.39, 0.29) is 5.69 Å². The second-order valence-corrected chi connectivity index (χ2v) is 6.17. The van der Waals surface area contributed by atoms with Crippen LogP contribution in [0.5, 0.6) is 0 Å². The fourth-order valence-corrected chi connectivity index (χ4v) is 2.61. The first-order chi connectivity index (χ1) is 13.6. The Hall–Kier alpha value is -3.85. The third-order valence-electron chi connectivity index (χ3n) is 3.86. The maximum absolute atomic E-state index is 10.7. The summed E-state index contributed by atoms with van der Waals surface area (Å²) in [4.78, 5) is 10.2. The highest BCUT2D eigenvalue weighted by Gasteiger charge is 2.10. The van der Waals surface area contributed by atoms with E-state index in [1.54, 1.807) is 47.1 Å². The van der Waals surface area contributed by atoms with Crippen LogP contribution in [0, 0.1) is 10.1 Å². The third-order valence-corrected chi connectivity index (χ3v) is 4.11. The number of benzene rings is 2. The Labute approximate surface area is 163 Å². The molecule has 0 aliphatic rings. The summed E-state index contributed by atoms with van der Waals surface area (Å²) in [6.07, 6.45) is 1.54. The number of aromatic nitrogens is 4. The number of halogens is 1. The van der Waals surface area contributed by atoms with Crippen LogP contribution in [0.4, 0.5) is 11.5 Å². The van der Waals surface area contributed by atoms with Crippen molar-refractivity contribution in [1.82, 2.24) is 19.8 Å². The molecular formula is C18H12ClN7O2. The van der Waals surface area contributed by atoms with Crippen LogP contribution in [0.3, 0.4) is 0 Å². The minimum Gasteiger partial charge on any atom is -0.260 e. The number of nitro benzene ring substituents is 1. The Kier molecular flexibility index (Phi) is 4.65. The number of hydrogen-bond acceptors (Lipinski definition) is 7. The van der Waals surface area contributed by atoms with E-state index < -0.39 is 4.92 Å². The van der Waals surface area contributed by atoms with Gasteiger partial charge in [0.1, 0.15) is 0 Å². The van der Waals surface area contributed by atoms with Crippen molar-refractivity contribution in [2.24, 2.45) is 5.10 Å². The molecule has 0 aliphatic heterocycles. The van der Waals surface area contributed by atoms with E-state index in [4.69, 9.17) is 11.6 Å². The molecule has 0 spiro atoms. The van der Waals surface area contributed by atoms with Crippen molar-refractivity contribution >= 4 is 35.0 Å². The lowest BCUT2D eigenvalue weighted by Crippen LogP contribution is -2.00. The van der Waals surface area contributed by atoms with Crippen LogP contribution in [0.2, 0.25) is 5.02 Å². The predicted molar refractivity (Wildman–Crippen MR) is 106 cm³/mol. The van der Waals surface area contributed by atoms with Gasteiger partial charge in [0.25, 0.3) is 5.69 Å². The third kappa shape index (κ3) is 3.64. The van der Waals surface area contributed by atoms with Gasteiger partial charge in [0, 0.05) is 22.7 Å². The molecule has 0 unspecified atom stereocenters. The molecule has 2 aromatic heterocycles. The molecule has 4 rings (SSSR count). The summed E-state index contributed by atoms with van der Waals surface area (Å²) in [6.45, 7) is 0. The molecule has 0 radical (unpaired) electrons. The standard InChI is InChI=1S/C18H12ClN7O2/c19-14-5-3-13(4-6-14)18-23-22-17-10-9-16(24-25(17)18)21-20-11-12-1-7-15(8-2-12)26(27)28/h1-11H,(H,21,24)/b20-11-. The molecule has 2 aromatic carbocycles. The first kappa shape index (κ1) is 17.6. The zero-order chi connectivity index (χ0) is 19.5. The van der Waals surface area contributed by atoms with Crippen LogP contribution < -0.4 is 5.43 Å². The zero-order valence-corrected chi connectivity index (χ0v) is 15.0. The molecule has 4 aromatic rings. The molecule has 0 aliphatic carbocycles. The molecule has 10 heteroatoms.